The standard InChI is InChI=1S/C16H22BrN3/c1-11(2)9-20-15(18)19-10-16(20)6-5-12-7-14(17)4-3-13(12)8-16/h3-4,7,11H,5-6,8-10H2,1-2H3,(H2,18,19). The Balaban J connectivity index is 1.89. The van der Waals surface area contributed by atoms with Crippen LogP contribution in [0.4, 0.5) is 0 Å². The average Bonchev–Trinajstić information content (AvgIpc) is 2.68. The second kappa shape index (κ2) is 5.06. The molecule has 0 bridgehead atoms. The molecule has 2 N–H and O–H groups in total. The Bertz CT molecular complexity index is 553. The van der Waals surface area contributed by atoms with Gasteiger partial charge in [-0.1, -0.05) is 35.8 Å². The second-order valence-corrected chi connectivity index (χ2v) is 7.41. The Labute approximate surface area is 129 Å². The quantitative estimate of drug-likeness (QED) is 0.902. The van der Waals surface area contributed by atoms with Crippen LogP contribution in [0.2, 0.25) is 0 Å². The van der Waals surface area contributed by atoms with Crippen molar-refractivity contribution in [3.63, 3.8) is 0 Å². The summed E-state index contributed by atoms with van der Waals surface area (Å²) in [5.41, 5.74) is 9.19. The smallest absolute Gasteiger partial charge is 0.191 e. The molecule has 3 nitrogen and oxygen atoms in total. The van der Waals surface area contributed by atoms with Gasteiger partial charge in [0.25, 0.3) is 0 Å². The maximum atomic E-state index is 6.15. The van der Waals surface area contributed by atoms with E-state index in [1.807, 2.05) is 0 Å². The number of nitrogens with two attached hydrogens (primary N) is 1. The Kier molecular flexibility index (Phi) is 3.53. The van der Waals surface area contributed by atoms with Gasteiger partial charge in [-0.2, -0.15) is 0 Å². The van der Waals surface area contributed by atoms with Crippen LogP contribution in [0.15, 0.2) is 27.7 Å². The lowest BCUT2D eigenvalue weighted by Crippen LogP contribution is -2.55. The predicted molar refractivity (Wildman–Crippen MR) is 86.9 cm³/mol. The predicted octanol–water partition coefficient (Wildman–Crippen LogP) is 2.96. The van der Waals surface area contributed by atoms with Crippen LogP contribution in [-0.4, -0.2) is 29.5 Å². The number of rotatable bonds is 2. The lowest BCUT2D eigenvalue weighted by Gasteiger charge is -2.43. The van der Waals surface area contributed by atoms with Gasteiger partial charge in [0.15, 0.2) is 5.96 Å². The third kappa shape index (κ3) is 2.34. The van der Waals surface area contributed by atoms with Gasteiger partial charge in [0, 0.05) is 11.0 Å². The molecular weight excluding hydrogens is 314 g/mol. The Morgan fingerprint density at radius 2 is 2.20 bits per heavy atom. The number of aliphatic imine (C=N–C) groups is 1. The van der Waals surface area contributed by atoms with Crippen molar-refractivity contribution in [3.8, 4) is 0 Å². The van der Waals surface area contributed by atoms with Gasteiger partial charge < -0.3 is 10.6 Å². The Morgan fingerprint density at radius 3 is 2.95 bits per heavy atom. The number of benzene rings is 1. The molecular formula is C16H22BrN3. The van der Waals surface area contributed by atoms with E-state index in [1.54, 1.807) is 0 Å². The first-order chi connectivity index (χ1) is 9.50. The lowest BCUT2D eigenvalue weighted by molar-refractivity contribution is 0.161. The molecule has 1 aromatic rings. The highest BCUT2D eigenvalue weighted by Crippen LogP contribution is 2.37. The molecule has 1 unspecified atom stereocenters. The highest BCUT2D eigenvalue weighted by atomic mass is 79.9. The van der Waals surface area contributed by atoms with E-state index in [0.29, 0.717) is 5.92 Å². The highest BCUT2D eigenvalue weighted by molar-refractivity contribution is 9.10. The fraction of sp³-hybridized carbons (Fsp3) is 0.562. The number of aryl methyl sites for hydroxylation is 1. The first kappa shape index (κ1) is 13.9. The normalized spacial score (nSPS) is 25.2. The molecule has 0 saturated carbocycles. The summed E-state index contributed by atoms with van der Waals surface area (Å²) < 4.78 is 1.17. The first-order valence-corrected chi connectivity index (χ1v) is 8.14. The van der Waals surface area contributed by atoms with Gasteiger partial charge in [-0.05, 0) is 48.4 Å². The van der Waals surface area contributed by atoms with E-state index in [4.69, 9.17) is 5.73 Å². The molecule has 0 amide bonds. The third-order valence-electron chi connectivity index (χ3n) is 4.48. The number of hydrogen-bond acceptors (Lipinski definition) is 3. The number of hydrogen-bond donors (Lipinski definition) is 1. The van der Waals surface area contributed by atoms with Crippen LogP contribution in [0.5, 0.6) is 0 Å². The van der Waals surface area contributed by atoms with Crippen LogP contribution >= 0.6 is 15.9 Å². The van der Waals surface area contributed by atoms with Gasteiger partial charge in [0.05, 0.1) is 12.1 Å². The van der Waals surface area contributed by atoms with Crippen LogP contribution < -0.4 is 5.73 Å². The molecule has 4 heteroatoms. The zero-order chi connectivity index (χ0) is 14.3. The molecule has 0 aromatic heterocycles. The topological polar surface area (TPSA) is 41.6 Å². The summed E-state index contributed by atoms with van der Waals surface area (Å²) in [5, 5.41) is 0. The van der Waals surface area contributed by atoms with Gasteiger partial charge in [-0.25, -0.2) is 0 Å². The van der Waals surface area contributed by atoms with E-state index in [1.165, 1.54) is 15.6 Å². The summed E-state index contributed by atoms with van der Waals surface area (Å²) >= 11 is 3.57. The molecule has 1 aliphatic carbocycles. The molecule has 0 saturated heterocycles. The molecule has 1 heterocycles. The van der Waals surface area contributed by atoms with Gasteiger partial charge in [0.1, 0.15) is 0 Å². The molecule has 1 spiro atoms. The zero-order valence-corrected chi connectivity index (χ0v) is 13.8. The van der Waals surface area contributed by atoms with Gasteiger partial charge in [-0.3, -0.25) is 4.99 Å². The van der Waals surface area contributed by atoms with E-state index in [2.05, 4.69) is 57.9 Å². The minimum Gasteiger partial charge on any atom is -0.370 e. The minimum atomic E-state index is 0.120. The highest BCUT2D eigenvalue weighted by Gasteiger charge is 2.44. The van der Waals surface area contributed by atoms with Crippen LogP contribution in [0.3, 0.4) is 0 Å². The summed E-state index contributed by atoms with van der Waals surface area (Å²) in [4.78, 5) is 6.91. The number of guanidine groups is 1. The van der Waals surface area contributed by atoms with E-state index in [9.17, 15) is 0 Å². The number of nitrogens with zero attached hydrogens (tertiary/aromatic N) is 2. The van der Waals surface area contributed by atoms with Crippen LogP contribution in [0, 0.1) is 5.92 Å². The van der Waals surface area contributed by atoms with Crippen molar-refractivity contribution in [2.75, 3.05) is 13.1 Å². The maximum Gasteiger partial charge on any atom is 0.191 e. The lowest BCUT2D eigenvalue weighted by atomic mass is 9.77. The van der Waals surface area contributed by atoms with Crippen LogP contribution in [-0.2, 0) is 12.8 Å². The molecule has 2 aliphatic rings. The van der Waals surface area contributed by atoms with Crippen molar-refractivity contribution >= 4 is 21.9 Å². The fourth-order valence-corrected chi connectivity index (χ4v) is 3.88. The molecule has 108 valence electrons. The second-order valence-electron chi connectivity index (χ2n) is 6.49. The molecule has 1 aliphatic heterocycles. The van der Waals surface area contributed by atoms with E-state index < -0.39 is 0 Å². The van der Waals surface area contributed by atoms with E-state index in [-0.39, 0.29) is 5.54 Å². The summed E-state index contributed by atoms with van der Waals surface area (Å²) in [5.74, 6) is 1.34. The average molecular weight is 336 g/mol. The number of halogens is 1. The van der Waals surface area contributed by atoms with Crippen molar-refractivity contribution in [1.82, 2.24) is 4.90 Å². The summed E-state index contributed by atoms with van der Waals surface area (Å²) in [6, 6.07) is 6.65. The van der Waals surface area contributed by atoms with Crippen molar-refractivity contribution < 1.29 is 0 Å². The zero-order valence-electron chi connectivity index (χ0n) is 12.2. The van der Waals surface area contributed by atoms with Gasteiger partial charge >= 0.3 is 0 Å². The van der Waals surface area contributed by atoms with Crippen molar-refractivity contribution in [1.29, 1.82) is 0 Å². The van der Waals surface area contributed by atoms with E-state index in [0.717, 1.165) is 38.3 Å². The van der Waals surface area contributed by atoms with Crippen molar-refractivity contribution in [2.45, 2.75) is 38.6 Å². The SMILES string of the molecule is CC(C)CN1C(N)=NCC12CCc1cc(Br)ccc1C2. The Hall–Kier alpha value is -1.03. The maximum absolute atomic E-state index is 6.15. The summed E-state index contributed by atoms with van der Waals surface area (Å²) in [6.45, 7) is 6.34. The van der Waals surface area contributed by atoms with Crippen molar-refractivity contribution in [2.24, 2.45) is 16.6 Å². The fourth-order valence-electron chi connectivity index (χ4n) is 3.47. The molecule has 20 heavy (non-hydrogen) atoms. The minimum absolute atomic E-state index is 0.120. The van der Waals surface area contributed by atoms with Gasteiger partial charge in [0.2, 0.25) is 0 Å². The number of fused-ring (bicyclic) bond motifs is 1. The van der Waals surface area contributed by atoms with Gasteiger partial charge in [-0.15, -0.1) is 0 Å². The summed E-state index contributed by atoms with van der Waals surface area (Å²) in [7, 11) is 0. The first-order valence-electron chi connectivity index (χ1n) is 7.35. The summed E-state index contributed by atoms with van der Waals surface area (Å²) in [6.07, 6.45) is 3.33. The largest absolute Gasteiger partial charge is 0.370 e. The van der Waals surface area contributed by atoms with Crippen LogP contribution in [0.1, 0.15) is 31.4 Å². The van der Waals surface area contributed by atoms with E-state index >= 15 is 0 Å². The van der Waals surface area contributed by atoms with Crippen molar-refractivity contribution in [3.05, 3.63) is 33.8 Å². The monoisotopic (exact) mass is 335 g/mol. The molecule has 3 rings (SSSR count). The van der Waals surface area contributed by atoms with Crippen LogP contribution in [0.25, 0.3) is 0 Å². The molecule has 0 radical (unpaired) electrons. The third-order valence-corrected chi connectivity index (χ3v) is 4.97. The molecule has 1 atom stereocenters. The molecule has 0 fully saturated rings. The molecule has 1 aromatic carbocycles. The Morgan fingerprint density at radius 1 is 1.40 bits per heavy atom.